The van der Waals surface area contributed by atoms with Crippen LogP contribution in [0.25, 0.3) is 79.8 Å². The maximum absolute atomic E-state index is 11.2. The van der Waals surface area contributed by atoms with Gasteiger partial charge >= 0.3 is 0 Å². The number of hydrogen-bond donors (Lipinski definition) is 4. The second-order valence-corrected chi connectivity index (χ2v) is 10.8. The van der Waals surface area contributed by atoms with Gasteiger partial charge in [-0.3, -0.25) is 0 Å². The van der Waals surface area contributed by atoms with E-state index in [-0.39, 0.29) is 11.5 Å². The Morgan fingerprint density at radius 3 is 1.80 bits per heavy atom. The predicted octanol–water partition coefficient (Wildman–Crippen LogP) is 9.07. The number of nitrogens with zero attached hydrogens (tertiary/aromatic N) is 2. The Labute approximate surface area is 253 Å². The van der Waals surface area contributed by atoms with Crippen LogP contribution in [0.15, 0.2) is 109 Å². The zero-order valence-electron chi connectivity index (χ0n) is 23.5. The summed E-state index contributed by atoms with van der Waals surface area (Å²) in [4.78, 5) is 17.1. The van der Waals surface area contributed by atoms with Gasteiger partial charge in [0.25, 0.3) is 0 Å². The molecule has 2 aliphatic rings. The second-order valence-electron chi connectivity index (χ2n) is 10.8. The fourth-order valence-corrected chi connectivity index (χ4v) is 5.96. The van der Waals surface area contributed by atoms with Gasteiger partial charge in [0.2, 0.25) is 0 Å². The van der Waals surface area contributed by atoms with Crippen LogP contribution >= 0.6 is 0 Å². The Bertz CT molecular complexity index is 2300. The zero-order chi connectivity index (χ0) is 29.6. The molecular weight excluding hydrogens is 544 g/mol. The van der Waals surface area contributed by atoms with E-state index in [1.54, 1.807) is 12.1 Å². The molecule has 44 heavy (non-hydrogen) atoms. The molecule has 8 rings (SSSR count). The van der Waals surface area contributed by atoms with Gasteiger partial charge in [-0.05, 0) is 77.9 Å². The second kappa shape index (κ2) is 10.3. The minimum absolute atomic E-state index is 0.0178. The van der Waals surface area contributed by atoms with Gasteiger partial charge < -0.3 is 20.2 Å². The highest BCUT2D eigenvalue weighted by Crippen LogP contribution is 2.45. The van der Waals surface area contributed by atoms with E-state index in [2.05, 4.69) is 40.3 Å². The van der Waals surface area contributed by atoms with Crippen LogP contribution in [0.4, 0.5) is 0 Å². The molecule has 3 aromatic heterocycles. The summed E-state index contributed by atoms with van der Waals surface area (Å²) in [5.74, 6) is -0.0639. The SMILES string of the molecule is Oc1ccc(-c2c3nc(cc4ccc(cc5nc(cc6[nH]c2c(-c2ccccc2)c6-c2ccccc2)C=C5)[nH]4)C=C3)c(O)c1. The van der Waals surface area contributed by atoms with Crippen LogP contribution in [0.3, 0.4) is 0 Å². The third kappa shape index (κ3) is 4.55. The average molecular weight is 571 g/mol. The van der Waals surface area contributed by atoms with Crippen LogP contribution in [0.5, 0.6) is 11.5 Å². The molecule has 0 radical (unpaired) electrons. The predicted molar refractivity (Wildman–Crippen MR) is 178 cm³/mol. The molecule has 2 aliphatic heterocycles. The number of nitrogens with one attached hydrogen (secondary N) is 2. The standard InChI is InChI=1S/C38H26N4O2/c43-30-16-17-31(34(44)22-30)37-32-18-15-28(41-32)20-27-12-11-25(39-27)19-26-13-14-29(40-26)21-33-35(23-7-3-1-4-8-23)36(38(37)42-33)24-9-5-2-6-10-24/h1-22,39,42-44H. The van der Waals surface area contributed by atoms with Crippen molar-refractivity contribution in [3.8, 4) is 44.9 Å². The molecule has 3 aromatic carbocycles. The highest BCUT2D eigenvalue weighted by atomic mass is 16.3. The van der Waals surface area contributed by atoms with Gasteiger partial charge in [0, 0.05) is 44.9 Å². The van der Waals surface area contributed by atoms with Crippen LogP contribution < -0.4 is 0 Å². The molecule has 0 amide bonds. The average Bonchev–Trinajstić information content (AvgIpc) is 3.84. The minimum atomic E-state index is -0.0461. The van der Waals surface area contributed by atoms with Crippen LogP contribution in [0.2, 0.25) is 0 Å². The minimum Gasteiger partial charge on any atom is -0.508 e. The Balaban J connectivity index is 1.62. The van der Waals surface area contributed by atoms with Gasteiger partial charge in [-0.2, -0.15) is 0 Å². The lowest BCUT2D eigenvalue weighted by Gasteiger charge is -2.11. The summed E-state index contributed by atoms with van der Waals surface area (Å²) in [5, 5.41) is 21.4. The van der Waals surface area contributed by atoms with Gasteiger partial charge in [-0.1, -0.05) is 60.7 Å². The Morgan fingerprint density at radius 1 is 0.500 bits per heavy atom. The number of H-pyrrole nitrogens is 2. The first-order chi connectivity index (χ1) is 21.6. The number of phenolic OH excluding ortho intramolecular Hbond substituents is 2. The van der Waals surface area contributed by atoms with Crippen molar-refractivity contribution in [2.75, 3.05) is 0 Å². The quantitative estimate of drug-likeness (QED) is 0.170. The number of aromatic amines is 2. The highest BCUT2D eigenvalue weighted by Gasteiger charge is 2.22. The van der Waals surface area contributed by atoms with E-state index in [1.165, 1.54) is 6.07 Å². The van der Waals surface area contributed by atoms with Crippen LogP contribution in [0.1, 0.15) is 22.8 Å². The van der Waals surface area contributed by atoms with E-state index in [4.69, 9.17) is 9.97 Å². The number of hydrogen-bond acceptors (Lipinski definition) is 4. The number of phenols is 2. The molecule has 4 N–H and O–H groups in total. The fraction of sp³-hybridized carbons (Fsp3) is 0. The van der Waals surface area contributed by atoms with E-state index >= 15 is 0 Å². The normalized spacial score (nSPS) is 12.1. The number of rotatable bonds is 3. The summed E-state index contributed by atoms with van der Waals surface area (Å²) in [7, 11) is 0. The van der Waals surface area contributed by atoms with Gasteiger partial charge in [0.05, 0.1) is 28.3 Å². The molecule has 0 saturated heterocycles. The molecular formula is C38H26N4O2. The van der Waals surface area contributed by atoms with E-state index in [0.29, 0.717) is 16.8 Å². The highest BCUT2D eigenvalue weighted by molar-refractivity contribution is 6.09. The number of aromatic nitrogens is 4. The molecule has 0 saturated carbocycles. The lowest BCUT2D eigenvalue weighted by molar-refractivity contribution is 0.452. The summed E-state index contributed by atoms with van der Waals surface area (Å²) in [5.41, 5.74) is 11.9. The van der Waals surface area contributed by atoms with Gasteiger partial charge in [-0.15, -0.1) is 0 Å². The fourth-order valence-electron chi connectivity index (χ4n) is 5.96. The van der Waals surface area contributed by atoms with Crippen LogP contribution in [-0.2, 0) is 0 Å². The van der Waals surface area contributed by atoms with E-state index in [1.807, 2.05) is 85.0 Å². The van der Waals surface area contributed by atoms with Crippen molar-refractivity contribution in [3.05, 3.63) is 132 Å². The third-order valence-electron chi connectivity index (χ3n) is 7.89. The lowest BCUT2D eigenvalue weighted by atomic mass is 9.93. The monoisotopic (exact) mass is 570 g/mol. The molecule has 6 nitrogen and oxygen atoms in total. The maximum Gasteiger partial charge on any atom is 0.127 e. The number of benzene rings is 3. The molecule has 0 unspecified atom stereocenters. The van der Waals surface area contributed by atoms with E-state index in [0.717, 1.165) is 61.4 Å². The summed E-state index contributed by atoms with van der Waals surface area (Å²) < 4.78 is 0. The smallest absolute Gasteiger partial charge is 0.127 e. The first-order valence-electron chi connectivity index (χ1n) is 14.4. The topological polar surface area (TPSA) is 97.8 Å². The first kappa shape index (κ1) is 25.6. The molecule has 0 aliphatic carbocycles. The summed E-state index contributed by atoms with van der Waals surface area (Å²) in [6, 6.07) is 35.3. The van der Waals surface area contributed by atoms with Crippen molar-refractivity contribution < 1.29 is 10.2 Å². The third-order valence-corrected chi connectivity index (χ3v) is 7.89. The van der Waals surface area contributed by atoms with Crippen molar-refractivity contribution in [2.24, 2.45) is 0 Å². The Morgan fingerprint density at radius 2 is 1.11 bits per heavy atom. The maximum atomic E-state index is 11.2. The van der Waals surface area contributed by atoms with Crippen LogP contribution in [0, 0.1) is 0 Å². The molecule has 210 valence electrons. The molecule has 6 heteroatoms. The number of aromatic hydroxyl groups is 2. The molecule has 0 spiro atoms. The van der Waals surface area contributed by atoms with Crippen molar-refractivity contribution in [1.29, 1.82) is 0 Å². The van der Waals surface area contributed by atoms with E-state index < -0.39 is 0 Å². The van der Waals surface area contributed by atoms with Crippen molar-refractivity contribution in [3.63, 3.8) is 0 Å². The largest absolute Gasteiger partial charge is 0.508 e. The van der Waals surface area contributed by atoms with Gasteiger partial charge in [-0.25, -0.2) is 9.97 Å². The molecule has 0 fully saturated rings. The van der Waals surface area contributed by atoms with Gasteiger partial charge in [0.15, 0.2) is 0 Å². The molecule has 5 heterocycles. The zero-order valence-corrected chi connectivity index (χ0v) is 23.5. The van der Waals surface area contributed by atoms with Gasteiger partial charge in [0.1, 0.15) is 11.5 Å². The van der Waals surface area contributed by atoms with Crippen LogP contribution in [-0.4, -0.2) is 30.1 Å². The Kier molecular flexibility index (Phi) is 5.98. The molecule has 6 aromatic rings. The van der Waals surface area contributed by atoms with Crippen molar-refractivity contribution in [1.82, 2.24) is 19.9 Å². The Hall–Kier alpha value is -6.14. The van der Waals surface area contributed by atoms with Crippen molar-refractivity contribution >= 4 is 46.4 Å². The summed E-state index contributed by atoms with van der Waals surface area (Å²) in [6.07, 6.45) is 7.96. The van der Waals surface area contributed by atoms with E-state index in [9.17, 15) is 10.2 Å². The summed E-state index contributed by atoms with van der Waals surface area (Å²) >= 11 is 0. The lowest BCUT2D eigenvalue weighted by Crippen LogP contribution is -1.89. The molecule has 0 atom stereocenters. The van der Waals surface area contributed by atoms with Crippen molar-refractivity contribution in [2.45, 2.75) is 0 Å². The summed E-state index contributed by atoms with van der Waals surface area (Å²) in [6.45, 7) is 0. The molecule has 8 bridgehead atoms. The first-order valence-corrected chi connectivity index (χ1v) is 14.4. The number of fused-ring (bicyclic) bond motifs is 8.